The van der Waals surface area contributed by atoms with Crippen molar-refractivity contribution < 1.29 is 9.90 Å². The van der Waals surface area contributed by atoms with Crippen molar-refractivity contribution in [3.8, 4) is 0 Å². The second-order valence-corrected chi connectivity index (χ2v) is 6.14. The van der Waals surface area contributed by atoms with Crippen molar-refractivity contribution in [2.24, 2.45) is 5.92 Å². The number of carbonyl (C=O) groups is 1. The minimum atomic E-state index is 0.240. The number of anilines is 1. The first-order valence-electron chi connectivity index (χ1n) is 7.99. The molecule has 2 aliphatic rings. The highest BCUT2D eigenvalue weighted by atomic mass is 16.3. The maximum atomic E-state index is 12.4. The topological polar surface area (TPSA) is 43.8 Å². The molecule has 4 nitrogen and oxygen atoms in total. The molecule has 0 saturated carbocycles. The van der Waals surface area contributed by atoms with E-state index in [9.17, 15) is 4.79 Å². The van der Waals surface area contributed by atoms with Gasteiger partial charge in [0.2, 0.25) is 5.91 Å². The van der Waals surface area contributed by atoms with E-state index in [1.807, 2.05) is 23.1 Å². The van der Waals surface area contributed by atoms with Gasteiger partial charge in [-0.3, -0.25) is 4.79 Å². The fourth-order valence-corrected chi connectivity index (χ4v) is 3.38. The summed E-state index contributed by atoms with van der Waals surface area (Å²) >= 11 is 0. The third kappa shape index (κ3) is 3.27. The van der Waals surface area contributed by atoms with Crippen LogP contribution in [0.15, 0.2) is 24.3 Å². The summed E-state index contributed by atoms with van der Waals surface area (Å²) in [7, 11) is 0. The summed E-state index contributed by atoms with van der Waals surface area (Å²) in [6.07, 6.45) is 3.68. The molecular weight excluding hydrogens is 264 g/mol. The second kappa shape index (κ2) is 6.58. The molecular formula is C17H24N2O2. The smallest absolute Gasteiger partial charge is 0.228 e. The Hall–Kier alpha value is -1.39. The predicted molar refractivity (Wildman–Crippen MR) is 83.4 cm³/mol. The first-order valence-corrected chi connectivity index (χ1v) is 7.99. The maximum absolute atomic E-state index is 12.4. The van der Waals surface area contributed by atoms with Crippen LogP contribution in [0.25, 0.3) is 0 Å². The van der Waals surface area contributed by atoms with Gasteiger partial charge >= 0.3 is 0 Å². The van der Waals surface area contributed by atoms with Gasteiger partial charge in [0.25, 0.3) is 0 Å². The summed E-state index contributed by atoms with van der Waals surface area (Å²) in [6.45, 7) is 3.99. The molecule has 0 bridgehead atoms. The Morgan fingerprint density at radius 2 is 1.95 bits per heavy atom. The highest BCUT2D eigenvalue weighted by Crippen LogP contribution is 2.28. The molecule has 3 rings (SSSR count). The minimum absolute atomic E-state index is 0.240. The number of aliphatic hydroxyl groups is 1. The van der Waals surface area contributed by atoms with E-state index in [0.29, 0.717) is 18.9 Å². The van der Waals surface area contributed by atoms with Gasteiger partial charge in [0.05, 0.1) is 0 Å². The molecule has 0 radical (unpaired) electrons. The van der Waals surface area contributed by atoms with Crippen molar-refractivity contribution in [3.63, 3.8) is 0 Å². The summed E-state index contributed by atoms with van der Waals surface area (Å²) in [5.41, 5.74) is 2.39. The van der Waals surface area contributed by atoms with Gasteiger partial charge in [0, 0.05) is 31.8 Å². The lowest BCUT2D eigenvalue weighted by molar-refractivity contribution is -0.118. The predicted octanol–water partition coefficient (Wildman–Crippen LogP) is 1.67. The number of piperidine rings is 1. The fraction of sp³-hybridized carbons (Fsp3) is 0.588. The molecule has 0 atom stereocenters. The highest BCUT2D eigenvalue weighted by molar-refractivity contribution is 5.95. The average molecular weight is 288 g/mol. The van der Waals surface area contributed by atoms with Gasteiger partial charge in [-0.1, -0.05) is 18.2 Å². The zero-order valence-electron chi connectivity index (χ0n) is 12.5. The number of benzene rings is 1. The number of rotatable bonds is 4. The zero-order valence-corrected chi connectivity index (χ0v) is 12.5. The van der Waals surface area contributed by atoms with Crippen molar-refractivity contribution >= 4 is 11.6 Å². The monoisotopic (exact) mass is 288 g/mol. The first-order chi connectivity index (χ1) is 10.3. The summed E-state index contributed by atoms with van der Waals surface area (Å²) in [5.74, 6) is 0.701. The molecule has 21 heavy (non-hydrogen) atoms. The Kier molecular flexibility index (Phi) is 4.56. The van der Waals surface area contributed by atoms with E-state index in [1.165, 1.54) is 5.56 Å². The van der Waals surface area contributed by atoms with E-state index in [0.717, 1.165) is 51.1 Å². The lowest BCUT2D eigenvalue weighted by Crippen LogP contribution is -2.38. The highest BCUT2D eigenvalue weighted by Gasteiger charge is 2.25. The number of aliphatic hydroxyl groups excluding tert-OH is 1. The summed E-state index contributed by atoms with van der Waals surface area (Å²) in [6, 6.07) is 8.21. The van der Waals surface area contributed by atoms with Crippen LogP contribution in [-0.2, 0) is 11.2 Å². The lowest BCUT2D eigenvalue weighted by Gasteiger charge is -2.31. The van der Waals surface area contributed by atoms with Gasteiger partial charge in [0.15, 0.2) is 0 Å². The molecule has 2 heterocycles. The molecule has 2 aliphatic heterocycles. The molecule has 1 N–H and O–H groups in total. The van der Waals surface area contributed by atoms with E-state index in [2.05, 4.69) is 11.0 Å². The normalized spacial score (nSPS) is 19.8. The Morgan fingerprint density at radius 1 is 1.19 bits per heavy atom. The molecule has 0 unspecified atom stereocenters. The van der Waals surface area contributed by atoms with E-state index >= 15 is 0 Å². The minimum Gasteiger partial charge on any atom is -0.396 e. The van der Waals surface area contributed by atoms with Crippen LogP contribution in [0.2, 0.25) is 0 Å². The molecule has 1 amide bonds. The molecule has 0 spiro atoms. The van der Waals surface area contributed by atoms with E-state index in [-0.39, 0.29) is 5.91 Å². The van der Waals surface area contributed by atoms with Gasteiger partial charge in [0.1, 0.15) is 0 Å². The van der Waals surface area contributed by atoms with Gasteiger partial charge in [-0.15, -0.1) is 0 Å². The quantitative estimate of drug-likeness (QED) is 0.916. The number of carbonyl (C=O) groups excluding carboxylic acids is 1. The van der Waals surface area contributed by atoms with Crippen LogP contribution in [0.4, 0.5) is 5.69 Å². The Bertz CT molecular complexity index is 495. The van der Waals surface area contributed by atoms with Crippen LogP contribution in [0.1, 0.15) is 24.8 Å². The van der Waals surface area contributed by atoms with Gasteiger partial charge in [-0.25, -0.2) is 0 Å². The first kappa shape index (κ1) is 14.5. The van der Waals surface area contributed by atoms with Crippen molar-refractivity contribution in [2.75, 3.05) is 37.7 Å². The Morgan fingerprint density at radius 3 is 2.71 bits per heavy atom. The number of hydrogen-bond donors (Lipinski definition) is 1. The van der Waals surface area contributed by atoms with Crippen molar-refractivity contribution in [3.05, 3.63) is 29.8 Å². The number of amides is 1. The second-order valence-electron chi connectivity index (χ2n) is 6.14. The van der Waals surface area contributed by atoms with Crippen molar-refractivity contribution in [1.29, 1.82) is 0 Å². The van der Waals surface area contributed by atoms with E-state index in [4.69, 9.17) is 5.11 Å². The summed E-state index contributed by atoms with van der Waals surface area (Å²) in [4.78, 5) is 16.7. The molecule has 4 heteroatoms. The van der Waals surface area contributed by atoms with Crippen LogP contribution in [0, 0.1) is 5.92 Å². The molecule has 0 aromatic heterocycles. The van der Waals surface area contributed by atoms with Crippen LogP contribution in [0.5, 0.6) is 0 Å². The molecule has 1 aromatic rings. The molecule has 1 aromatic carbocycles. The SMILES string of the molecule is O=C(CCN1CCC(CO)CC1)N1CCc2ccccc21. The third-order valence-electron chi connectivity index (χ3n) is 4.80. The Balaban J connectivity index is 1.50. The lowest BCUT2D eigenvalue weighted by atomic mass is 9.98. The number of likely N-dealkylation sites (tertiary alicyclic amines) is 1. The number of para-hydroxylation sites is 1. The standard InChI is InChI=1S/C17H24N2O2/c20-13-14-5-9-18(10-6-14)11-8-17(21)19-12-7-15-3-1-2-4-16(15)19/h1-4,14,20H,5-13H2. The molecule has 1 saturated heterocycles. The number of nitrogens with zero attached hydrogens (tertiary/aromatic N) is 2. The summed E-state index contributed by atoms with van der Waals surface area (Å²) in [5, 5.41) is 9.15. The van der Waals surface area contributed by atoms with Crippen molar-refractivity contribution in [2.45, 2.75) is 25.7 Å². The zero-order chi connectivity index (χ0) is 14.7. The molecule has 0 aliphatic carbocycles. The van der Waals surface area contributed by atoms with Crippen molar-refractivity contribution in [1.82, 2.24) is 4.90 Å². The average Bonchev–Trinajstić information content (AvgIpc) is 2.97. The fourth-order valence-electron chi connectivity index (χ4n) is 3.38. The largest absolute Gasteiger partial charge is 0.396 e. The van der Waals surface area contributed by atoms with Gasteiger partial charge in [-0.05, 0) is 49.9 Å². The molecule has 114 valence electrons. The maximum Gasteiger partial charge on any atom is 0.228 e. The summed E-state index contributed by atoms with van der Waals surface area (Å²) < 4.78 is 0. The van der Waals surface area contributed by atoms with Crippen LogP contribution < -0.4 is 4.90 Å². The van der Waals surface area contributed by atoms with E-state index < -0.39 is 0 Å². The van der Waals surface area contributed by atoms with E-state index in [1.54, 1.807) is 0 Å². The molecule has 1 fully saturated rings. The van der Waals surface area contributed by atoms with Crippen LogP contribution in [-0.4, -0.2) is 48.7 Å². The third-order valence-corrected chi connectivity index (χ3v) is 4.80. The number of fused-ring (bicyclic) bond motifs is 1. The Labute approximate surface area is 126 Å². The number of hydrogen-bond acceptors (Lipinski definition) is 3. The van der Waals surface area contributed by atoms with Crippen LogP contribution >= 0.6 is 0 Å². The van der Waals surface area contributed by atoms with Gasteiger partial charge < -0.3 is 14.9 Å². The van der Waals surface area contributed by atoms with Gasteiger partial charge in [-0.2, -0.15) is 0 Å². The van der Waals surface area contributed by atoms with Crippen LogP contribution in [0.3, 0.4) is 0 Å².